The van der Waals surface area contributed by atoms with Crippen molar-refractivity contribution in [2.45, 2.75) is 32.9 Å². The fraction of sp³-hybridized carbons (Fsp3) is 0.538. The second-order valence-electron chi connectivity index (χ2n) is 4.25. The summed E-state index contributed by atoms with van der Waals surface area (Å²) in [7, 11) is 1.66. The zero-order valence-electron chi connectivity index (χ0n) is 10.5. The fourth-order valence-corrected chi connectivity index (χ4v) is 1.57. The second-order valence-corrected chi connectivity index (χ2v) is 4.25. The fourth-order valence-electron chi connectivity index (χ4n) is 1.57. The highest BCUT2D eigenvalue weighted by Crippen LogP contribution is 2.23. The van der Waals surface area contributed by atoms with Gasteiger partial charge < -0.3 is 15.2 Å². The summed E-state index contributed by atoms with van der Waals surface area (Å²) in [5.41, 5.74) is 8.15. The van der Waals surface area contributed by atoms with E-state index in [1.807, 2.05) is 32.9 Å². The van der Waals surface area contributed by atoms with Gasteiger partial charge in [0.05, 0.1) is 18.8 Å². The Morgan fingerprint density at radius 3 is 2.50 bits per heavy atom. The lowest BCUT2D eigenvalue weighted by Crippen LogP contribution is -2.16. The lowest BCUT2D eigenvalue weighted by molar-refractivity contribution is 0.181. The number of nitrogens with two attached hydrogens (primary N) is 1. The highest BCUT2D eigenvalue weighted by Gasteiger charge is 2.08. The molecular formula is C13H21NO2. The molecule has 1 rings (SSSR count). The van der Waals surface area contributed by atoms with Crippen LogP contribution in [-0.2, 0) is 4.74 Å². The first-order valence-corrected chi connectivity index (χ1v) is 5.56. The van der Waals surface area contributed by atoms with Gasteiger partial charge in [-0.15, -0.1) is 0 Å². The SMILES string of the molecule is COCC(N)c1ccc(OC(C)C)c(C)c1. The minimum atomic E-state index is -0.0724. The zero-order chi connectivity index (χ0) is 12.1. The number of hydrogen-bond acceptors (Lipinski definition) is 3. The third-order valence-electron chi connectivity index (χ3n) is 2.34. The summed E-state index contributed by atoms with van der Waals surface area (Å²) in [5.74, 6) is 0.920. The molecule has 1 aromatic rings. The van der Waals surface area contributed by atoms with Crippen LogP contribution in [0.2, 0.25) is 0 Å². The van der Waals surface area contributed by atoms with Gasteiger partial charge in [0.1, 0.15) is 5.75 Å². The first-order valence-electron chi connectivity index (χ1n) is 5.56. The minimum Gasteiger partial charge on any atom is -0.491 e. The van der Waals surface area contributed by atoms with Crippen molar-refractivity contribution in [2.24, 2.45) is 5.73 Å². The number of rotatable bonds is 5. The summed E-state index contributed by atoms with van der Waals surface area (Å²) in [4.78, 5) is 0. The van der Waals surface area contributed by atoms with Crippen molar-refractivity contribution in [3.8, 4) is 5.75 Å². The van der Waals surface area contributed by atoms with E-state index < -0.39 is 0 Å². The molecule has 16 heavy (non-hydrogen) atoms. The summed E-state index contributed by atoms with van der Waals surface area (Å²) in [6.07, 6.45) is 0.192. The Morgan fingerprint density at radius 1 is 1.31 bits per heavy atom. The van der Waals surface area contributed by atoms with Gasteiger partial charge >= 0.3 is 0 Å². The summed E-state index contributed by atoms with van der Waals surface area (Å²) in [6, 6.07) is 5.95. The Labute approximate surface area is 97.6 Å². The normalized spacial score (nSPS) is 12.9. The maximum atomic E-state index is 5.96. The molecule has 3 heteroatoms. The van der Waals surface area contributed by atoms with Crippen LogP contribution in [0.5, 0.6) is 5.75 Å². The smallest absolute Gasteiger partial charge is 0.122 e. The van der Waals surface area contributed by atoms with E-state index in [4.69, 9.17) is 15.2 Å². The molecule has 0 spiro atoms. The molecule has 0 aliphatic rings. The van der Waals surface area contributed by atoms with Gasteiger partial charge in [-0.1, -0.05) is 12.1 Å². The van der Waals surface area contributed by atoms with Gasteiger partial charge in [-0.05, 0) is 38.0 Å². The van der Waals surface area contributed by atoms with Gasteiger partial charge in [-0.2, -0.15) is 0 Å². The van der Waals surface area contributed by atoms with Crippen molar-refractivity contribution < 1.29 is 9.47 Å². The largest absolute Gasteiger partial charge is 0.491 e. The van der Waals surface area contributed by atoms with Crippen LogP contribution in [0, 0.1) is 6.92 Å². The lowest BCUT2D eigenvalue weighted by Gasteiger charge is -2.16. The van der Waals surface area contributed by atoms with Gasteiger partial charge in [0.25, 0.3) is 0 Å². The molecule has 0 amide bonds. The van der Waals surface area contributed by atoms with E-state index in [0.717, 1.165) is 16.9 Å². The van der Waals surface area contributed by atoms with Gasteiger partial charge in [-0.3, -0.25) is 0 Å². The number of ether oxygens (including phenoxy) is 2. The van der Waals surface area contributed by atoms with Crippen LogP contribution in [0.1, 0.15) is 31.0 Å². The van der Waals surface area contributed by atoms with Crippen LogP contribution in [0.3, 0.4) is 0 Å². The van der Waals surface area contributed by atoms with E-state index in [9.17, 15) is 0 Å². The Bertz CT molecular complexity index is 337. The van der Waals surface area contributed by atoms with Crippen LogP contribution < -0.4 is 10.5 Å². The van der Waals surface area contributed by atoms with Crippen LogP contribution >= 0.6 is 0 Å². The van der Waals surface area contributed by atoms with E-state index in [1.54, 1.807) is 7.11 Å². The van der Waals surface area contributed by atoms with E-state index in [0.29, 0.717) is 6.61 Å². The molecule has 0 saturated carbocycles. The Morgan fingerprint density at radius 2 is 2.00 bits per heavy atom. The van der Waals surface area contributed by atoms with E-state index >= 15 is 0 Å². The molecule has 3 nitrogen and oxygen atoms in total. The Balaban J connectivity index is 2.82. The number of methoxy groups -OCH3 is 1. The van der Waals surface area contributed by atoms with Crippen molar-refractivity contribution in [1.82, 2.24) is 0 Å². The standard InChI is InChI=1S/C13H21NO2/c1-9(2)16-13-6-5-11(7-10(13)3)12(14)8-15-4/h5-7,9,12H,8,14H2,1-4H3. The predicted molar refractivity (Wildman–Crippen MR) is 65.7 cm³/mol. The van der Waals surface area contributed by atoms with Crippen LogP contribution in [0.15, 0.2) is 18.2 Å². The molecule has 0 aromatic heterocycles. The molecule has 1 unspecified atom stereocenters. The number of benzene rings is 1. The van der Waals surface area contributed by atoms with Gasteiger partial charge in [0.15, 0.2) is 0 Å². The Kier molecular flexibility index (Phi) is 4.77. The lowest BCUT2D eigenvalue weighted by atomic mass is 10.1. The van der Waals surface area contributed by atoms with Crippen LogP contribution in [0.4, 0.5) is 0 Å². The topological polar surface area (TPSA) is 44.5 Å². The molecule has 0 aliphatic carbocycles. The summed E-state index contributed by atoms with van der Waals surface area (Å²) in [6.45, 7) is 6.60. The van der Waals surface area contributed by atoms with Crippen molar-refractivity contribution in [1.29, 1.82) is 0 Å². The highest BCUT2D eigenvalue weighted by atomic mass is 16.5. The molecule has 2 N–H and O–H groups in total. The van der Waals surface area contributed by atoms with E-state index in [-0.39, 0.29) is 12.1 Å². The maximum absolute atomic E-state index is 5.96. The molecule has 0 heterocycles. The van der Waals surface area contributed by atoms with Crippen molar-refractivity contribution in [2.75, 3.05) is 13.7 Å². The monoisotopic (exact) mass is 223 g/mol. The third-order valence-corrected chi connectivity index (χ3v) is 2.34. The average Bonchev–Trinajstić information content (AvgIpc) is 2.20. The van der Waals surface area contributed by atoms with Crippen LogP contribution in [-0.4, -0.2) is 19.8 Å². The minimum absolute atomic E-state index is 0.0724. The Hall–Kier alpha value is -1.06. The summed E-state index contributed by atoms with van der Waals surface area (Å²) in [5, 5.41) is 0. The van der Waals surface area contributed by atoms with Gasteiger partial charge in [0, 0.05) is 7.11 Å². The quantitative estimate of drug-likeness (QED) is 0.833. The number of hydrogen-bond donors (Lipinski definition) is 1. The average molecular weight is 223 g/mol. The first kappa shape index (κ1) is 13.0. The molecule has 1 aromatic carbocycles. The molecular weight excluding hydrogens is 202 g/mol. The molecule has 0 saturated heterocycles. The van der Waals surface area contributed by atoms with Crippen LogP contribution in [0.25, 0.3) is 0 Å². The summed E-state index contributed by atoms with van der Waals surface area (Å²) >= 11 is 0. The van der Waals surface area contributed by atoms with Gasteiger partial charge in [-0.25, -0.2) is 0 Å². The van der Waals surface area contributed by atoms with Crippen molar-refractivity contribution in [3.05, 3.63) is 29.3 Å². The third kappa shape index (κ3) is 3.51. The predicted octanol–water partition coefficient (Wildman–Crippen LogP) is 2.43. The molecule has 0 fully saturated rings. The van der Waals surface area contributed by atoms with Crippen molar-refractivity contribution >= 4 is 0 Å². The second kappa shape index (κ2) is 5.87. The molecule has 0 aliphatic heterocycles. The molecule has 90 valence electrons. The van der Waals surface area contributed by atoms with E-state index in [1.165, 1.54) is 0 Å². The molecule has 1 atom stereocenters. The summed E-state index contributed by atoms with van der Waals surface area (Å²) < 4.78 is 10.7. The number of aryl methyl sites for hydroxylation is 1. The molecule has 0 radical (unpaired) electrons. The maximum Gasteiger partial charge on any atom is 0.122 e. The zero-order valence-corrected chi connectivity index (χ0v) is 10.5. The highest BCUT2D eigenvalue weighted by molar-refractivity contribution is 5.37. The molecule has 0 bridgehead atoms. The first-order chi connectivity index (χ1) is 7.54. The van der Waals surface area contributed by atoms with Crippen molar-refractivity contribution in [3.63, 3.8) is 0 Å². The van der Waals surface area contributed by atoms with E-state index in [2.05, 4.69) is 6.07 Å². The van der Waals surface area contributed by atoms with Gasteiger partial charge in [0.2, 0.25) is 0 Å².